The van der Waals surface area contributed by atoms with Crippen LogP contribution in [0, 0.1) is 11.8 Å². The minimum absolute atomic E-state index is 0.0351. The molecule has 5 nitrogen and oxygen atoms in total. The second-order valence-corrected chi connectivity index (χ2v) is 7.11. The summed E-state index contributed by atoms with van der Waals surface area (Å²) in [6.07, 6.45) is 0.804. The maximum atomic E-state index is 12.0. The topological polar surface area (TPSA) is 69.6 Å². The van der Waals surface area contributed by atoms with Crippen molar-refractivity contribution in [3.63, 3.8) is 0 Å². The zero-order valence-corrected chi connectivity index (χ0v) is 14.8. The van der Waals surface area contributed by atoms with E-state index in [0.29, 0.717) is 25.6 Å². The van der Waals surface area contributed by atoms with E-state index in [2.05, 4.69) is 43.4 Å². The largest absolute Gasteiger partial charge is 0.481 e. The Morgan fingerprint density at radius 3 is 2.46 bits per heavy atom. The lowest BCUT2D eigenvalue weighted by Crippen LogP contribution is -2.37. The number of aliphatic carboxylic acids is 1. The van der Waals surface area contributed by atoms with Crippen molar-refractivity contribution < 1.29 is 14.7 Å². The average molecular weight is 332 g/mol. The first-order valence-electron chi connectivity index (χ1n) is 8.67. The van der Waals surface area contributed by atoms with Gasteiger partial charge in [0.15, 0.2) is 0 Å². The number of likely N-dealkylation sites (tertiary alicyclic amines) is 1. The average Bonchev–Trinajstić information content (AvgIpc) is 2.88. The Morgan fingerprint density at radius 2 is 1.92 bits per heavy atom. The highest BCUT2D eigenvalue weighted by molar-refractivity contribution is 5.78. The number of carboxylic acids is 1. The van der Waals surface area contributed by atoms with Crippen LogP contribution in [0.1, 0.15) is 37.8 Å². The van der Waals surface area contributed by atoms with Gasteiger partial charge in [-0.05, 0) is 29.4 Å². The Hall–Kier alpha value is -1.88. The molecule has 1 aliphatic heterocycles. The Bertz CT molecular complexity index is 568. The molecule has 1 aliphatic rings. The van der Waals surface area contributed by atoms with E-state index in [4.69, 9.17) is 5.11 Å². The fourth-order valence-electron chi connectivity index (χ4n) is 3.19. The zero-order valence-electron chi connectivity index (χ0n) is 14.8. The summed E-state index contributed by atoms with van der Waals surface area (Å²) in [5.74, 6) is -0.550. The lowest BCUT2D eigenvalue weighted by Gasteiger charge is -2.15. The predicted octanol–water partition coefficient (Wildman–Crippen LogP) is 2.12. The number of hydrogen-bond acceptors (Lipinski definition) is 3. The van der Waals surface area contributed by atoms with Crippen LogP contribution in [0.3, 0.4) is 0 Å². The van der Waals surface area contributed by atoms with Crippen LogP contribution in [0.15, 0.2) is 24.3 Å². The summed E-state index contributed by atoms with van der Waals surface area (Å²) in [6.45, 7) is 8.28. The van der Waals surface area contributed by atoms with Gasteiger partial charge in [0.05, 0.1) is 12.5 Å². The molecule has 0 radical (unpaired) electrons. The quantitative estimate of drug-likeness (QED) is 0.802. The van der Waals surface area contributed by atoms with Gasteiger partial charge in [0.2, 0.25) is 5.91 Å². The summed E-state index contributed by atoms with van der Waals surface area (Å²) in [7, 11) is 0. The first-order valence-corrected chi connectivity index (χ1v) is 8.67. The van der Waals surface area contributed by atoms with Crippen LogP contribution < -0.4 is 5.32 Å². The number of rotatable bonds is 7. The molecule has 24 heavy (non-hydrogen) atoms. The maximum Gasteiger partial charge on any atom is 0.308 e. The van der Waals surface area contributed by atoms with Crippen LogP contribution in [-0.2, 0) is 16.0 Å². The van der Waals surface area contributed by atoms with Gasteiger partial charge >= 0.3 is 5.97 Å². The fourth-order valence-corrected chi connectivity index (χ4v) is 3.19. The van der Waals surface area contributed by atoms with Crippen LogP contribution >= 0.6 is 0 Å². The van der Waals surface area contributed by atoms with Gasteiger partial charge in [0.25, 0.3) is 0 Å². The lowest BCUT2D eigenvalue weighted by atomic mass is 9.99. The number of hydrogen-bond donors (Lipinski definition) is 2. The standard InChI is InChI=1S/C19H28N2O3/c1-13(2)16-6-4-15(5-7-16)8-9-20-18(22)12-21-10-14(3)17(11-21)19(23)24/h4-7,13-14,17H,8-12H2,1-3H3,(H,20,22)(H,23,24)/t14-,17-/m1/s1. The predicted molar refractivity (Wildman–Crippen MR) is 94.0 cm³/mol. The molecule has 5 heteroatoms. The Morgan fingerprint density at radius 1 is 1.25 bits per heavy atom. The summed E-state index contributed by atoms with van der Waals surface area (Å²) in [4.78, 5) is 25.1. The molecule has 1 saturated heterocycles. The molecule has 0 aromatic heterocycles. The van der Waals surface area contributed by atoms with Crippen molar-refractivity contribution in [3.05, 3.63) is 35.4 Å². The molecule has 0 spiro atoms. The van der Waals surface area contributed by atoms with Crippen molar-refractivity contribution in [2.75, 3.05) is 26.2 Å². The van der Waals surface area contributed by atoms with Gasteiger partial charge < -0.3 is 10.4 Å². The summed E-state index contributed by atoms with van der Waals surface area (Å²) >= 11 is 0. The van der Waals surface area contributed by atoms with Gasteiger partial charge in [0, 0.05) is 19.6 Å². The van der Waals surface area contributed by atoms with Gasteiger partial charge in [-0.25, -0.2) is 0 Å². The monoisotopic (exact) mass is 332 g/mol. The molecule has 0 bridgehead atoms. The molecule has 132 valence electrons. The molecule has 0 unspecified atom stereocenters. The molecule has 1 fully saturated rings. The molecule has 2 atom stereocenters. The van der Waals surface area contributed by atoms with Crippen molar-refractivity contribution in [3.8, 4) is 0 Å². The number of amides is 1. The number of carboxylic acid groups (broad SMARTS) is 1. The smallest absolute Gasteiger partial charge is 0.308 e. The molecule has 2 N–H and O–H groups in total. The summed E-state index contributed by atoms with van der Waals surface area (Å²) in [5, 5.41) is 12.1. The van der Waals surface area contributed by atoms with E-state index < -0.39 is 5.97 Å². The second kappa shape index (κ2) is 8.29. The van der Waals surface area contributed by atoms with E-state index in [-0.39, 0.29) is 24.3 Å². The Kier molecular flexibility index (Phi) is 6.37. The third-order valence-electron chi connectivity index (χ3n) is 4.75. The lowest BCUT2D eigenvalue weighted by molar-refractivity contribution is -0.142. The molecular weight excluding hydrogens is 304 g/mol. The van der Waals surface area contributed by atoms with E-state index in [0.717, 1.165) is 6.42 Å². The van der Waals surface area contributed by atoms with Gasteiger partial charge in [-0.15, -0.1) is 0 Å². The number of benzene rings is 1. The first-order chi connectivity index (χ1) is 11.4. The van der Waals surface area contributed by atoms with Gasteiger partial charge in [-0.3, -0.25) is 14.5 Å². The zero-order chi connectivity index (χ0) is 17.7. The van der Waals surface area contributed by atoms with Crippen molar-refractivity contribution in [2.45, 2.75) is 33.1 Å². The molecule has 1 amide bonds. The van der Waals surface area contributed by atoms with E-state index in [1.807, 2.05) is 11.8 Å². The molecule has 1 aromatic carbocycles. The Balaban J connectivity index is 1.71. The van der Waals surface area contributed by atoms with Crippen LogP contribution in [0.2, 0.25) is 0 Å². The van der Waals surface area contributed by atoms with Gasteiger partial charge in [0.1, 0.15) is 0 Å². The molecule has 2 rings (SSSR count). The van der Waals surface area contributed by atoms with E-state index in [1.54, 1.807) is 0 Å². The van der Waals surface area contributed by atoms with Crippen molar-refractivity contribution in [1.82, 2.24) is 10.2 Å². The van der Waals surface area contributed by atoms with Gasteiger partial charge in [-0.1, -0.05) is 45.0 Å². The number of nitrogens with one attached hydrogen (secondary N) is 1. The van der Waals surface area contributed by atoms with Crippen LogP contribution in [0.25, 0.3) is 0 Å². The van der Waals surface area contributed by atoms with E-state index in [9.17, 15) is 9.59 Å². The van der Waals surface area contributed by atoms with Crippen molar-refractivity contribution >= 4 is 11.9 Å². The highest BCUT2D eigenvalue weighted by Crippen LogP contribution is 2.22. The van der Waals surface area contributed by atoms with Crippen molar-refractivity contribution in [1.29, 1.82) is 0 Å². The summed E-state index contributed by atoms with van der Waals surface area (Å²) < 4.78 is 0. The normalized spacial score (nSPS) is 21.2. The Labute approximate surface area is 144 Å². The number of carbonyl (C=O) groups is 2. The minimum atomic E-state index is -0.768. The SMILES string of the molecule is CC(C)c1ccc(CCNC(=O)CN2C[C@@H](C)[C@H](C(=O)O)C2)cc1. The van der Waals surface area contributed by atoms with Crippen LogP contribution in [-0.4, -0.2) is 48.1 Å². The number of nitrogens with zero attached hydrogens (tertiary/aromatic N) is 1. The highest BCUT2D eigenvalue weighted by Gasteiger charge is 2.35. The second-order valence-electron chi connectivity index (χ2n) is 7.11. The third kappa shape index (κ3) is 5.06. The fraction of sp³-hybridized carbons (Fsp3) is 0.579. The third-order valence-corrected chi connectivity index (χ3v) is 4.75. The minimum Gasteiger partial charge on any atom is -0.481 e. The molecular formula is C19H28N2O3. The maximum absolute atomic E-state index is 12.0. The van der Waals surface area contributed by atoms with Crippen LogP contribution in [0.5, 0.6) is 0 Å². The molecule has 0 saturated carbocycles. The molecule has 1 heterocycles. The number of carbonyl (C=O) groups excluding carboxylic acids is 1. The van der Waals surface area contributed by atoms with E-state index in [1.165, 1.54) is 11.1 Å². The highest BCUT2D eigenvalue weighted by atomic mass is 16.4. The first kappa shape index (κ1) is 18.5. The van der Waals surface area contributed by atoms with Gasteiger partial charge in [-0.2, -0.15) is 0 Å². The van der Waals surface area contributed by atoms with Crippen LogP contribution in [0.4, 0.5) is 0 Å². The summed E-state index contributed by atoms with van der Waals surface area (Å²) in [5.41, 5.74) is 2.53. The molecule has 1 aromatic rings. The van der Waals surface area contributed by atoms with E-state index >= 15 is 0 Å². The molecule has 0 aliphatic carbocycles. The van der Waals surface area contributed by atoms with Crippen molar-refractivity contribution in [2.24, 2.45) is 11.8 Å². The summed E-state index contributed by atoms with van der Waals surface area (Å²) in [6, 6.07) is 8.50.